The molecule has 1 aromatic rings. The van der Waals surface area contributed by atoms with E-state index >= 15 is 0 Å². The first-order valence-corrected chi connectivity index (χ1v) is 9.42. The summed E-state index contributed by atoms with van der Waals surface area (Å²) in [5, 5.41) is 2.85. The van der Waals surface area contributed by atoms with E-state index in [-0.39, 0.29) is 0 Å². The number of alkyl halides is 2. The lowest BCUT2D eigenvalue weighted by molar-refractivity contribution is 0.203. The third-order valence-electron chi connectivity index (χ3n) is 2.72. The van der Waals surface area contributed by atoms with Crippen LogP contribution in [0, 0.1) is 5.82 Å². The number of nitrogens with zero attached hydrogens (tertiary/aromatic N) is 1. The Labute approximate surface area is 141 Å². The van der Waals surface area contributed by atoms with Gasteiger partial charge in [-0.15, -0.1) is 23.2 Å². The van der Waals surface area contributed by atoms with Crippen LogP contribution in [0.25, 0.3) is 0 Å². The van der Waals surface area contributed by atoms with Gasteiger partial charge < -0.3 is 9.51 Å². The molecule has 0 saturated carbocycles. The highest BCUT2D eigenvalue weighted by atomic mass is 35.5. The zero-order chi connectivity index (χ0) is 17.3. The zero-order valence-corrected chi connectivity index (χ0v) is 14.6. The van der Waals surface area contributed by atoms with E-state index in [0.717, 1.165) is 13.0 Å². The molecule has 1 fully saturated rings. The van der Waals surface area contributed by atoms with Gasteiger partial charge in [0.1, 0.15) is 0 Å². The lowest BCUT2D eigenvalue weighted by atomic mass is 10.4. The van der Waals surface area contributed by atoms with Crippen LogP contribution in [0.4, 0.5) is 4.39 Å². The third kappa shape index (κ3) is 6.74. The van der Waals surface area contributed by atoms with Crippen LogP contribution >= 0.6 is 30.9 Å². The highest BCUT2D eigenvalue weighted by molar-refractivity contribution is 7.54. The summed E-state index contributed by atoms with van der Waals surface area (Å²) in [4.78, 5) is 24.0. The average Bonchev–Trinajstić information content (AvgIpc) is 2.53. The summed E-state index contributed by atoms with van der Waals surface area (Å²) in [5.74, 6) is -0.118. The van der Waals surface area contributed by atoms with Gasteiger partial charge in [-0.25, -0.2) is 14.6 Å². The molecule has 0 aliphatic carbocycles. The second-order valence-electron chi connectivity index (χ2n) is 4.37. The van der Waals surface area contributed by atoms with E-state index < -0.39 is 24.7 Å². The molecule has 0 radical (unpaired) electrons. The van der Waals surface area contributed by atoms with E-state index in [0.29, 0.717) is 37.7 Å². The Morgan fingerprint density at radius 1 is 1.39 bits per heavy atom. The summed E-state index contributed by atoms with van der Waals surface area (Å²) in [7, 11) is -2.84. The molecule has 1 aliphatic heterocycles. The van der Waals surface area contributed by atoms with Crippen LogP contribution in [-0.4, -0.2) is 52.6 Å². The van der Waals surface area contributed by atoms with E-state index in [1.807, 2.05) is 4.98 Å². The highest BCUT2D eigenvalue weighted by Crippen LogP contribution is 2.48. The largest absolute Gasteiger partial charge is 0.343 e. The van der Waals surface area contributed by atoms with E-state index in [1.54, 1.807) is 9.65 Å². The van der Waals surface area contributed by atoms with Crippen LogP contribution in [0.5, 0.6) is 0 Å². The van der Waals surface area contributed by atoms with Crippen molar-refractivity contribution in [2.24, 2.45) is 0 Å². The third-order valence-corrected chi connectivity index (χ3v) is 5.38. The van der Waals surface area contributed by atoms with Crippen molar-refractivity contribution in [3.8, 4) is 0 Å². The molecule has 0 spiro atoms. The second kappa shape index (κ2) is 10.2. The lowest BCUT2D eigenvalue weighted by Gasteiger charge is -2.34. The molecule has 1 atom stereocenters. The predicted octanol–water partition coefficient (Wildman–Crippen LogP) is 1.09. The van der Waals surface area contributed by atoms with Gasteiger partial charge >= 0.3 is 13.4 Å². The Morgan fingerprint density at radius 2 is 2.13 bits per heavy atom. The van der Waals surface area contributed by atoms with Gasteiger partial charge in [0.15, 0.2) is 0 Å². The van der Waals surface area contributed by atoms with Crippen LogP contribution in [0.1, 0.15) is 6.42 Å². The number of aromatic nitrogens is 2. The van der Waals surface area contributed by atoms with Crippen molar-refractivity contribution in [3.63, 3.8) is 0 Å². The number of aromatic amines is 2. The summed E-state index contributed by atoms with van der Waals surface area (Å²) in [6.45, 7) is 2.36. The number of hydrogen-bond donors (Lipinski definition) is 3. The van der Waals surface area contributed by atoms with Gasteiger partial charge in [0, 0.05) is 37.6 Å². The Bertz CT molecular complexity index is 639. The van der Waals surface area contributed by atoms with Gasteiger partial charge in [-0.1, -0.05) is 0 Å². The van der Waals surface area contributed by atoms with Gasteiger partial charge in [-0.05, 0) is 6.42 Å². The molecule has 132 valence electrons. The molecule has 0 bridgehead atoms. The maximum absolute atomic E-state index is 12.2. The minimum Gasteiger partial charge on any atom is -0.311 e. The minimum atomic E-state index is -2.84. The first-order valence-electron chi connectivity index (χ1n) is 6.77. The molecule has 0 aromatic carbocycles. The summed E-state index contributed by atoms with van der Waals surface area (Å²) in [6.07, 6.45) is 1.60. The SMILES string of the molecule is O=P1(NCCCl)OCCCN1CCCl.O=c1[nH]cc(F)c(=O)[nH]1. The molecule has 1 aromatic heterocycles. The van der Waals surface area contributed by atoms with Gasteiger partial charge in [0.05, 0.1) is 6.61 Å². The van der Waals surface area contributed by atoms with Crippen LogP contribution in [-0.2, 0) is 9.09 Å². The number of H-pyrrole nitrogens is 2. The molecule has 23 heavy (non-hydrogen) atoms. The van der Waals surface area contributed by atoms with Crippen molar-refractivity contribution in [3.05, 3.63) is 32.9 Å². The zero-order valence-electron chi connectivity index (χ0n) is 12.2. The maximum atomic E-state index is 12.2. The number of halogens is 3. The Balaban J connectivity index is 0.000000253. The first-order chi connectivity index (χ1) is 10.9. The van der Waals surface area contributed by atoms with E-state index in [9.17, 15) is 18.5 Å². The quantitative estimate of drug-likeness (QED) is 0.513. The molecular formula is C11H18Cl2FN4O4P. The Morgan fingerprint density at radius 3 is 2.70 bits per heavy atom. The van der Waals surface area contributed by atoms with Crippen LogP contribution in [0.3, 0.4) is 0 Å². The number of nitrogens with one attached hydrogen (secondary N) is 3. The Kier molecular flexibility index (Phi) is 9.04. The average molecular weight is 391 g/mol. The van der Waals surface area contributed by atoms with Crippen molar-refractivity contribution < 1.29 is 13.5 Å². The Hall–Kier alpha value is -0.700. The summed E-state index contributed by atoms with van der Waals surface area (Å²) in [6, 6.07) is 0. The van der Waals surface area contributed by atoms with Crippen molar-refractivity contribution in [1.29, 1.82) is 0 Å². The molecule has 1 unspecified atom stereocenters. The first kappa shape index (κ1) is 20.3. The fraction of sp³-hybridized carbons (Fsp3) is 0.636. The van der Waals surface area contributed by atoms with Gasteiger partial charge in [-0.3, -0.25) is 14.3 Å². The summed E-state index contributed by atoms with van der Waals surface area (Å²) in [5.41, 5.74) is -1.71. The van der Waals surface area contributed by atoms with Crippen LogP contribution in [0.2, 0.25) is 0 Å². The molecule has 1 saturated heterocycles. The molecular weight excluding hydrogens is 373 g/mol. The van der Waals surface area contributed by atoms with Crippen molar-refractivity contribution in [1.82, 2.24) is 19.7 Å². The monoisotopic (exact) mass is 390 g/mol. The molecule has 3 N–H and O–H groups in total. The smallest absolute Gasteiger partial charge is 0.311 e. The second-order valence-corrected chi connectivity index (χ2v) is 7.30. The lowest BCUT2D eigenvalue weighted by Crippen LogP contribution is -2.36. The molecule has 1 aliphatic rings. The topological polar surface area (TPSA) is 107 Å². The van der Waals surface area contributed by atoms with E-state index in [4.69, 9.17) is 27.7 Å². The van der Waals surface area contributed by atoms with Gasteiger partial charge in [0.2, 0.25) is 5.82 Å². The number of hydrogen-bond acceptors (Lipinski definition) is 4. The minimum absolute atomic E-state index is 0.419. The van der Waals surface area contributed by atoms with E-state index in [1.165, 1.54) is 0 Å². The number of rotatable bonds is 5. The molecule has 12 heteroatoms. The molecule has 2 heterocycles. The fourth-order valence-electron chi connectivity index (χ4n) is 1.71. The maximum Gasteiger partial charge on any atom is 0.343 e. The highest BCUT2D eigenvalue weighted by Gasteiger charge is 2.33. The fourth-order valence-corrected chi connectivity index (χ4v) is 4.25. The van der Waals surface area contributed by atoms with Gasteiger partial charge in [-0.2, -0.15) is 4.39 Å². The van der Waals surface area contributed by atoms with Crippen LogP contribution in [0.15, 0.2) is 15.8 Å². The molecule has 2 rings (SSSR count). The predicted molar refractivity (Wildman–Crippen MR) is 86.8 cm³/mol. The van der Waals surface area contributed by atoms with Crippen molar-refractivity contribution >= 4 is 30.9 Å². The van der Waals surface area contributed by atoms with Crippen molar-refractivity contribution in [2.45, 2.75) is 6.42 Å². The standard InChI is InChI=1S/C7H15Cl2N2O2P.C4H3FN2O2/c8-2-4-10-14(12)11(6-3-9)5-1-7-13-14;5-2-1-6-4(9)7-3(2)8/h1-7H2,(H,10,12);1H,(H2,6,7,8,9). The van der Waals surface area contributed by atoms with Crippen molar-refractivity contribution in [2.75, 3.05) is 38.0 Å². The molecule has 0 amide bonds. The van der Waals surface area contributed by atoms with E-state index in [2.05, 4.69) is 5.09 Å². The normalized spacial score (nSPS) is 21.5. The van der Waals surface area contributed by atoms with Gasteiger partial charge in [0.25, 0.3) is 5.56 Å². The summed E-state index contributed by atoms with van der Waals surface area (Å²) < 4.78 is 31.2. The van der Waals surface area contributed by atoms with Crippen LogP contribution < -0.4 is 16.3 Å². The molecule has 8 nitrogen and oxygen atoms in total. The summed E-state index contributed by atoms with van der Waals surface area (Å²) >= 11 is 11.1.